The summed E-state index contributed by atoms with van der Waals surface area (Å²) in [6, 6.07) is 11.8. The molecule has 3 aliphatic heterocycles. The van der Waals surface area contributed by atoms with E-state index in [1.54, 1.807) is 62.1 Å². The Morgan fingerprint density at radius 1 is 0.965 bits per heavy atom. The quantitative estimate of drug-likeness (QED) is 0.259. The van der Waals surface area contributed by atoms with Gasteiger partial charge in [0.15, 0.2) is 0 Å². The standard InChI is InChI=1S/C41H51ClFN5O8S/c1-25-11-8-6-5-7-9-14-33(44-39(53)56-40(2,3)4)37(51)48-23-29-22-47(36(50)28-13-10-12-27(21-28)26-15-17-30(42)18-16-26)24-32(29)34(48)35(49)45-41(25,43)38(52)46-57(54,55)31-19-20-31/h8,10-13,15-18,21,25,29,31-34H,5-7,9,14,19-20,22-24H2,1-4H3,(H,44,53)(H,45,49)(H,46,52)/b11-8-/t25-,29-,32-,33+,34-,41+/m0/s1. The van der Waals surface area contributed by atoms with Gasteiger partial charge in [0.1, 0.15) is 17.7 Å². The minimum Gasteiger partial charge on any atom is -0.444 e. The van der Waals surface area contributed by atoms with Gasteiger partial charge in [0.25, 0.3) is 17.6 Å². The van der Waals surface area contributed by atoms with Crippen LogP contribution in [0.4, 0.5) is 9.18 Å². The number of carbonyl (C=O) groups excluding carboxylic acids is 5. The first-order valence-electron chi connectivity index (χ1n) is 19.5. The number of amides is 5. The molecule has 2 saturated heterocycles. The fourth-order valence-corrected chi connectivity index (χ4v) is 9.31. The molecule has 4 aliphatic rings. The molecule has 2 aromatic carbocycles. The first-order valence-corrected chi connectivity index (χ1v) is 21.5. The van der Waals surface area contributed by atoms with Crippen LogP contribution in [0.1, 0.15) is 83.0 Å². The van der Waals surface area contributed by atoms with E-state index in [1.807, 2.05) is 22.9 Å². The van der Waals surface area contributed by atoms with E-state index in [0.717, 1.165) is 11.1 Å². The molecule has 3 fully saturated rings. The molecular weight excluding hydrogens is 777 g/mol. The molecule has 6 atom stereocenters. The van der Waals surface area contributed by atoms with Crippen molar-refractivity contribution in [3.05, 3.63) is 71.3 Å². The van der Waals surface area contributed by atoms with Gasteiger partial charge in [-0.1, -0.05) is 67.8 Å². The molecule has 16 heteroatoms. The van der Waals surface area contributed by atoms with Gasteiger partial charge >= 0.3 is 6.09 Å². The number of hydrogen-bond acceptors (Lipinski definition) is 8. The second-order valence-electron chi connectivity index (χ2n) is 16.6. The summed E-state index contributed by atoms with van der Waals surface area (Å²) in [5.74, 6) is -9.11. The average molecular weight is 828 g/mol. The summed E-state index contributed by atoms with van der Waals surface area (Å²) in [4.78, 5) is 72.6. The summed E-state index contributed by atoms with van der Waals surface area (Å²) < 4.78 is 50.3. The van der Waals surface area contributed by atoms with Crippen molar-refractivity contribution >= 4 is 51.3 Å². The number of halogens is 2. The number of rotatable bonds is 6. The lowest BCUT2D eigenvalue weighted by Gasteiger charge is -2.35. The molecule has 308 valence electrons. The molecule has 3 heterocycles. The fourth-order valence-electron chi connectivity index (χ4n) is 7.85. The van der Waals surface area contributed by atoms with Crippen molar-refractivity contribution in [2.24, 2.45) is 17.8 Å². The van der Waals surface area contributed by atoms with Crippen LogP contribution in [0.2, 0.25) is 5.02 Å². The van der Waals surface area contributed by atoms with E-state index >= 15 is 4.39 Å². The first-order chi connectivity index (χ1) is 26.9. The molecule has 0 unspecified atom stereocenters. The maximum Gasteiger partial charge on any atom is 0.408 e. The number of hydrogen-bond donors (Lipinski definition) is 3. The zero-order valence-corrected chi connectivity index (χ0v) is 34.2. The molecule has 1 aliphatic carbocycles. The van der Waals surface area contributed by atoms with Crippen LogP contribution in [-0.2, 0) is 29.1 Å². The second kappa shape index (κ2) is 16.8. The van der Waals surface area contributed by atoms with Gasteiger partial charge in [-0.3, -0.25) is 19.2 Å². The number of fused-ring (bicyclic) bond motifs is 3. The van der Waals surface area contributed by atoms with E-state index in [0.29, 0.717) is 49.1 Å². The molecule has 6 rings (SSSR count). The lowest BCUT2D eigenvalue weighted by molar-refractivity contribution is -0.148. The van der Waals surface area contributed by atoms with E-state index in [1.165, 1.54) is 17.9 Å². The summed E-state index contributed by atoms with van der Waals surface area (Å²) in [7, 11) is -4.20. The lowest BCUT2D eigenvalue weighted by Crippen LogP contribution is -2.64. The molecule has 0 aromatic heterocycles. The zero-order valence-electron chi connectivity index (χ0n) is 32.6. The Kier molecular flexibility index (Phi) is 12.4. The number of ether oxygens (including phenoxy) is 1. The average Bonchev–Trinajstić information content (AvgIpc) is 3.85. The minimum atomic E-state index is -4.20. The molecule has 2 aromatic rings. The van der Waals surface area contributed by atoms with E-state index in [4.69, 9.17) is 16.3 Å². The number of sulfonamides is 1. The maximum absolute atomic E-state index is 17.3. The Labute approximate surface area is 338 Å². The van der Waals surface area contributed by atoms with Gasteiger partial charge in [0.2, 0.25) is 21.8 Å². The molecule has 1 saturated carbocycles. The van der Waals surface area contributed by atoms with Gasteiger partial charge in [-0.05, 0) is 88.3 Å². The number of alkyl halides is 1. The Morgan fingerprint density at radius 3 is 2.37 bits per heavy atom. The van der Waals surface area contributed by atoms with Crippen LogP contribution in [0.15, 0.2) is 60.7 Å². The monoisotopic (exact) mass is 827 g/mol. The highest BCUT2D eigenvalue weighted by atomic mass is 35.5. The summed E-state index contributed by atoms with van der Waals surface area (Å²) in [6.45, 7) is 6.64. The maximum atomic E-state index is 17.3. The van der Waals surface area contributed by atoms with Crippen molar-refractivity contribution in [2.75, 3.05) is 19.6 Å². The van der Waals surface area contributed by atoms with Crippen molar-refractivity contribution in [1.29, 1.82) is 0 Å². The molecule has 3 N–H and O–H groups in total. The topological polar surface area (TPSA) is 171 Å². The number of likely N-dealkylation sites (tertiary alicyclic amines) is 1. The van der Waals surface area contributed by atoms with E-state index in [9.17, 15) is 32.4 Å². The van der Waals surface area contributed by atoms with Gasteiger partial charge in [-0.2, -0.15) is 0 Å². The van der Waals surface area contributed by atoms with Gasteiger partial charge in [-0.25, -0.2) is 22.3 Å². The van der Waals surface area contributed by atoms with Gasteiger partial charge in [0, 0.05) is 48.0 Å². The van der Waals surface area contributed by atoms with Crippen LogP contribution in [0.5, 0.6) is 0 Å². The largest absolute Gasteiger partial charge is 0.444 e. The van der Waals surface area contributed by atoms with Crippen LogP contribution in [0.3, 0.4) is 0 Å². The SMILES string of the molecule is C[C@H]1/C=C\CCCCC[C@@H](NC(=O)OC(C)(C)C)C(=O)N2C[C@@H]3CN(C(=O)c4cccc(-c5ccc(Cl)cc5)c4)C[C@@H]3[C@H]2C(=O)N[C@@]1(F)C(=O)NS(=O)(=O)C1CC1. The van der Waals surface area contributed by atoms with Crippen molar-refractivity contribution in [1.82, 2.24) is 25.2 Å². The predicted molar refractivity (Wildman–Crippen MR) is 212 cm³/mol. The van der Waals surface area contributed by atoms with Crippen molar-refractivity contribution in [3.63, 3.8) is 0 Å². The minimum absolute atomic E-state index is 0.000320. The number of benzene rings is 2. The third-order valence-electron chi connectivity index (χ3n) is 11.0. The third kappa shape index (κ3) is 9.80. The second-order valence-corrected chi connectivity index (χ2v) is 19.0. The van der Waals surface area contributed by atoms with Crippen molar-refractivity contribution < 1.29 is 41.5 Å². The lowest BCUT2D eigenvalue weighted by atomic mass is 9.92. The van der Waals surface area contributed by atoms with Gasteiger partial charge < -0.3 is 25.2 Å². The van der Waals surface area contributed by atoms with Crippen LogP contribution in [0, 0.1) is 17.8 Å². The summed E-state index contributed by atoms with van der Waals surface area (Å²) >= 11 is 6.08. The Balaban J connectivity index is 1.32. The molecule has 5 amide bonds. The van der Waals surface area contributed by atoms with E-state index < -0.39 is 80.3 Å². The first kappa shape index (κ1) is 42.1. The predicted octanol–water partition coefficient (Wildman–Crippen LogP) is 5.35. The number of allylic oxidation sites excluding steroid dienone is 1. The van der Waals surface area contributed by atoms with E-state index in [2.05, 4.69) is 10.6 Å². The number of alkyl carbamates (subject to hydrolysis) is 1. The Morgan fingerprint density at radius 2 is 1.68 bits per heavy atom. The van der Waals surface area contributed by atoms with Crippen LogP contribution < -0.4 is 15.4 Å². The smallest absolute Gasteiger partial charge is 0.408 e. The zero-order chi connectivity index (χ0) is 41.3. The molecule has 0 radical (unpaired) electrons. The number of carbonyl (C=O) groups is 5. The number of nitrogens with zero attached hydrogens (tertiary/aromatic N) is 2. The summed E-state index contributed by atoms with van der Waals surface area (Å²) in [5.41, 5.74) is 1.20. The molecule has 13 nitrogen and oxygen atoms in total. The molecule has 0 bridgehead atoms. The third-order valence-corrected chi connectivity index (χ3v) is 13.1. The Bertz CT molecular complexity index is 2020. The molecule has 57 heavy (non-hydrogen) atoms. The van der Waals surface area contributed by atoms with Gasteiger partial charge in [-0.15, -0.1) is 0 Å². The highest BCUT2D eigenvalue weighted by Crippen LogP contribution is 2.39. The van der Waals surface area contributed by atoms with Crippen LogP contribution >= 0.6 is 11.6 Å². The Hall–Kier alpha value is -4.50. The molecular formula is C41H51ClFN5O8S. The molecule has 0 spiro atoms. The normalized spacial score (nSPS) is 27.9. The van der Waals surface area contributed by atoms with Crippen molar-refractivity contribution in [3.8, 4) is 11.1 Å². The summed E-state index contributed by atoms with van der Waals surface area (Å²) in [5, 5.41) is 4.67. The number of nitrogens with one attached hydrogen (secondary N) is 3. The van der Waals surface area contributed by atoms with Gasteiger partial charge in [0.05, 0.1) is 5.25 Å². The van der Waals surface area contributed by atoms with Crippen LogP contribution in [-0.4, -0.2) is 96.3 Å². The summed E-state index contributed by atoms with van der Waals surface area (Å²) in [6.07, 6.45) is 5.51. The van der Waals surface area contributed by atoms with Crippen LogP contribution in [0.25, 0.3) is 11.1 Å². The van der Waals surface area contributed by atoms with E-state index in [-0.39, 0.29) is 32.0 Å². The fraction of sp³-hybridized carbons (Fsp3) is 0.537. The highest BCUT2D eigenvalue weighted by Gasteiger charge is 2.56. The highest BCUT2D eigenvalue weighted by molar-refractivity contribution is 7.91. The van der Waals surface area contributed by atoms with Crippen molar-refractivity contribution in [2.45, 2.75) is 101 Å².